The number of anilines is 1. The van der Waals surface area contributed by atoms with E-state index in [4.69, 9.17) is 4.74 Å². The molecule has 0 aromatic heterocycles. The van der Waals surface area contributed by atoms with E-state index in [9.17, 15) is 28.4 Å². The van der Waals surface area contributed by atoms with Crippen molar-refractivity contribution in [1.82, 2.24) is 0 Å². The van der Waals surface area contributed by atoms with Crippen molar-refractivity contribution in [3.05, 3.63) is 57.6 Å². The molecule has 26 heavy (non-hydrogen) atoms. The zero-order chi connectivity index (χ0) is 19.3. The standard InChI is InChI=1S/C16H14F3N3O4/c1-2-26-14-5-3-4-10(15(14)23)9-20-21-12-7-6-11(16(17,18)19)8-13(12)22(24)25/h3-9,21,23H,2H2,1H3. The van der Waals surface area contributed by atoms with E-state index < -0.39 is 22.4 Å². The Balaban J connectivity index is 2.25. The highest BCUT2D eigenvalue weighted by Gasteiger charge is 2.33. The Bertz CT molecular complexity index is 838. The molecule has 0 bridgehead atoms. The molecule has 0 spiro atoms. The third kappa shape index (κ3) is 4.41. The molecule has 0 saturated carbocycles. The summed E-state index contributed by atoms with van der Waals surface area (Å²) in [7, 11) is 0. The number of halogens is 3. The lowest BCUT2D eigenvalue weighted by atomic mass is 10.1. The van der Waals surface area contributed by atoms with Crippen LogP contribution in [0.4, 0.5) is 24.5 Å². The lowest BCUT2D eigenvalue weighted by Crippen LogP contribution is -2.06. The van der Waals surface area contributed by atoms with E-state index in [-0.39, 0.29) is 22.7 Å². The fourth-order valence-electron chi connectivity index (χ4n) is 2.04. The van der Waals surface area contributed by atoms with Crippen LogP contribution in [0.5, 0.6) is 11.5 Å². The van der Waals surface area contributed by atoms with Gasteiger partial charge in [0.15, 0.2) is 11.5 Å². The SMILES string of the molecule is CCOc1cccc(C=NNc2ccc(C(F)(F)F)cc2[N+](=O)[O-])c1O. The maximum atomic E-state index is 12.7. The monoisotopic (exact) mass is 369 g/mol. The molecule has 2 aromatic rings. The molecule has 0 saturated heterocycles. The summed E-state index contributed by atoms with van der Waals surface area (Å²) in [6.45, 7) is 2.08. The van der Waals surface area contributed by atoms with Gasteiger partial charge in [0.25, 0.3) is 5.69 Å². The first kappa shape index (κ1) is 19.0. The van der Waals surface area contributed by atoms with Crippen molar-refractivity contribution in [1.29, 1.82) is 0 Å². The summed E-state index contributed by atoms with van der Waals surface area (Å²) in [6, 6.07) is 6.71. The summed E-state index contributed by atoms with van der Waals surface area (Å²) < 4.78 is 43.2. The van der Waals surface area contributed by atoms with E-state index in [1.165, 1.54) is 12.3 Å². The molecule has 10 heteroatoms. The molecule has 0 fully saturated rings. The van der Waals surface area contributed by atoms with E-state index in [1.807, 2.05) is 0 Å². The topological polar surface area (TPSA) is 97.0 Å². The van der Waals surface area contributed by atoms with Crippen LogP contribution in [0.3, 0.4) is 0 Å². The number of benzene rings is 2. The number of hydrazone groups is 1. The molecular formula is C16H14F3N3O4. The second-order valence-corrected chi connectivity index (χ2v) is 4.98. The summed E-state index contributed by atoms with van der Waals surface area (Å²) in [5.41, 5.74) is 0.436. The molecule has 138 valence electrons. The van der Waals surface area contributed by atoms with Gasteiger partial charge in [-0.3, -0.25) is 15.5 Å². The average Bonchev–Trinajstić information content (AvgIpc) is 2.57. The van der Waals surface area contributed by atoms with E-state index in [1.54, 1.807) is 19.1 Å². The molecule has 0 aliphatic carbocycles. The van der Waals surface area contributed by atoms with Gasteiger partial charge in [0.05, 0.1) is 23.3 Å². The van der Waals surface area contributed by atoms with Gasteiger partial charge in [-0.25, -0.2) is 0 Å². The Morgan fingerprint density at radius 1 is 1.35 bits per heavy atom. The van der Waals surface area contributed by atoms with E-state index in [2.05, 4.69) is 10.5 Å². The van der Waals surface area contributed by atoms with Gasteiger partial charge in [-0.05, 0) is 31.2 Å². The summed E-state index contributed by atoms with van der Waals surface area (Å²) in [5.74, 6) is 0.0544. The van der Waals surface area contributed by atoms with Crippen LogP contribution in [0.25, 0.3) is 0 Å². The molecular weight excluding hydrogens is 355 g/mol. The number of alkyl halides is 3. The first-order valence-corrected chi connectivity index (χ1v) is 7.33. The number of hydrogen-bond acceptors (Lipinski definition) is 6. The van der Waals surface area contributed by atoms with Crippen molar-refractivity contribution >= 4 is 17.6 Å². The number of hydrogen-bond donors (Lipinski definition) is 2. The number of para-hydroxylation sites is 1. The molecule has 0 unspecified atom stereocenters. The van der Waals surface area contributed by atoms with Crippen LogP contribution >= 0.6 is 0 Å². The third-order valence-electron chi connectivity index (χ3n) is 3.24. The fraction of sp³-hybridized carbons (Fsp3) is 0.188. The highest BCUT2D eigenvalue weighted by molar-refractivity contribution is 5.85. The third-order valence-corrected chi connectivity index (χ3v) is 3.24. The van der Waals surface area contributed by atoms with Crippen LogP contribution < -0.4 is 10.2 Å². The molecule has 7 nitrogen and oxygen atoms in total. The molecule has 0 atom stereocenters. The van der Waals surface area contributed by atoms with Crippen LogP contribution in [0.2, 0.25) is 0 Å². The maximum absolute atomic E-state index is 12.7. The molecule has 0 aliphatic rings. The number of aromatic hydroxyl groups is 1. The number of rotatable bonds is 6. The van der Waals surface area contributed by atoms with Gasteiger partial charge in [-0.2, -0.15) is 18.3 Å². The summed E-state index contributed by atoms with van der Waals surface area (Å²) in [4.78, 5) is 10.1. The van der Waals surface area contributed by atoms with E-state index >= 15 is 0 Å². The van der Waals surface area contributed by atoms with Crippen molar-refractivity contribution < 1.29 is 27.9 Å². The minimum Gasteiger partial charge on any atom is -0.504 e. The Labute approximate surface area is 145 Å². The number of phenolic OH excluding ortho intramolecular Hbond substituents is 1. The van der Waals surface area contributed by atoms with Gasteiger partial charge >= 0.3 is 6.18 Å². The number of nitro groups is 1. The first-order chi connectivity index (χ1) is 12.2. The summed E-state index contributed by atoms with van der Waals surface area (Å²) >= 11 is 0. The van der Waals surface area contributed by atoms with Crippen LogP contribution in [0, 0.1) is 10.1 Å². The molecule has 0 heterocycles. The summed E-state index contributed by atoms with van der Waals surface area (Å²) in [5, 5.41) is 24.7. The highest BCUT2D eigenvalue weighted by Crippen LogP contribution is 2.35. The van der Waals surface area contributed by atoms with Gasteiger partial charge < -0.3 is 9.84 Å². The quantitative estimate of drug-likeness (QED) is 0.453. The minimum absolute atomic E-state index is 0.179. The Morgan fingerprint density at radius 3 is 2.69 bits per heavy atom. The Kier molecular flexibility index (Phi) is 5.65. The number of phenols is 1. The second-order valence-electron chi connectivity index (χ2n) is 4.98. The van der Waals surface area contributed by atoms with Gasteiger partial charge in [0.2, 0.25) is 0 Å². The lowest BCUT2D eigenvalue weighted by Gasteiger charge is -2.09. The number of nitrogens with one attached hydrogen (secondary N) is 1. The smallest absolute Gasteiger partial charge is 0.416 e. The van der Waals surface area contributed by atoms with Crippen molar-refractivity contribution in [3.63, 3.8) is 0 Å². The van der Waals surface area contributed by atoms with Crippen LogP contribution in [0.1, 0.15) is 18.1 Å². The summed E-state index contributed by atoms with van der Waals surface area (Å²) in [6.07, 6.45) is -3.53. The Hall–Kier alpha value is -3.30. The molecule has 0 amide bonds. The zero-order valence-electron chi connectivity index (χ0n) is 13.4. The molecule has 2 aromatic carbocycles. The minimum atomic E-state index is -4.70. The average molecular weight is 369 g/mol. The number of nitrogens with zero attached hydrogens (tertiary/aromatic N) is 2. The molecule has 2 N–H and O–H groups in total. The number of ether oxygens (including phenoxy) is 1. The molecule has 0 radical (unpaired) electrons. The highest BCUT2D eigenvalue weighted by atomic mass is 19.4. The maximum Gasteiger partial charge on any atom is 0.416 e. The van der Waals surface area contributed by atoms with Crippen LogP contribution in [0.15, 0.2) is 41.5 Å². The van der Waals surface area contributed by atoms with Crippen molar-refractivity contribution in [2.45, 2.75) is 13.1 Å². The predicted molar refractivity (Wildman–Crippen MR) is 88.6 cm³/mol. The van der Waals surface area contributed by atoms with Crippen LogP contribution in [-0.2, 0) is 6.18 Å². The van der Waals surface area contributed by atoms with Crippen molar-refractivity contribution in [3.8, 4) is 11.5 Å². The first-order valence-electron chi connectivity index (χ1n) is 7.33. The van der Waals surface area contributed by atoms with Gasteiger partial charge in [-0.15, -0.1) is 0 Å². The van der Waals surface area contributed by atoms with E-state index in [0.29, 0.717) is 18.7 Å². The largest absolute Gasteiger partial charge is 0.504 e. The van der Waals surface area contributed by atoms with E-state index in [0.717, 1.165) is 6.07 Å². The normalized spacial score (nSPS) is 11.5. The van der Waals surface area contributed by atoms with Crippen LogP contribution in [-0.4, -0.2) is 22.9 Å². The van der Waals surface area contributed by atoms with Gasteiger partial charge in [0.1, 0.15) is 5.69 Å². The fourth-order valence-corrected chi connectivity index (χ4v) is 2.04. The Morgan fingerprint density at radius 2 is 2.08 bits per heavy atom. The van der Waals surface area contributed by atoms with Gasteiger partial charge in [-0.1, -0.05) is 6.07 Å². The van der Waals surface area contributed by atoms with Crippen molar-refractivity contribution in [2.24, 2.45) is 5.10 Å². The molecule has 0 aliphatic heterocycles. The molecule has 2 rings (SSSR count). The second kappa shape index (κ2) is 7.72. The van der Waals surface area contributed by atoms with Gasteiger partial charge in [0, 0.05) is 11.6 Å². The predicted octanol–water partition coefficient (Wildman–Crippen LogP) is 4.16. The lowest BCUT2D eigenvalue weighted by molar-refractivity contribution is -0.384. The number of nitro benzene ring substituents is 1. The zero-order valence-corrected chi connectivity index (χ0v) is 13.4. The van der Waals surface area contributed by atoms with Crippen molar-refractivity contribution in [2.75, 3.05) is 12.0 Å².